The lowest BCUT2D eigenvalue weighted by Gasteiger charge is -2.27. The fourth-order valence-electron chi connectivity index (χ4n) is 3.42. The summed E-state index contributed by atoms with van der Waals surface area (Å²) in [5.41, 5.74) is -0.0678. The fraction of sp³-hybridized carbons (Fsp3) is 0.350. The number of nitrogens with one attached hydrogen (secondary N) is 1. The lowest BCUT2D eigenvalue weighted by molar-refractivity contribution is -0.384. The minimum absolute atomic E-state index is 0.0125. The van der Waals surface area contributed by atoms with E-state index in [1.165, 1.54) is 34.6 Å². The van der Waals surface area contributed by atoms with E-state index in [0.717, 1.165) is 12.1 Å². The summed E-state index contributed by atoms with van der Waals surface area (Å²) in [6, 6.07) is 7.80. The predicted molar refractivity (Wildman–Crippen MR) is 118 cm³/mol. The molecule has 1 aliphatic heterocycles. The van der Waals surface area contributed by atoms with Crippen LogP contribution in [-0.4, -0.2) is 60.7 Å². The van der Waals surface area contributed by atoms with Crippen LogP contribution in [0.15, 0.2) is 47.4 Å². The molecule has 1 heterocycles. The highest BCUT2D eigenvalue weighted by Crippen LogP contribution is 2.27. The third kappa shape index (κ3) is 5.41. The SMILES string of the molecule is CC(C(=O)Nc1cc([N+](=O)[O-])ccc1Cl)N1CCCN(S(=O)(=O)c2ccc(F)cc2)CC1. The van der Waals surface area contributed by atoms with Crippen LogP contribution in [0.1, 0.15) is 13.3 Å². The number of carbonyl (C=O) groups is 1. The maximum absolute atomic E-state index is 13.1. The van der Waals surface area contributed by atoms with Gasteiger partial charge < -0.3 is 5.32 Å². The minimum atomic E-state index is -3.78. The van der Waals surface area contributed by atoms with Crippen LogP contribution in [0.5, 0.6) is 0 Å². The van der Waals surface area contributed by atoms with E-state index in [9.17, 15) is 27.7 Å². The Morgan fingerprint density at radius 3 is 2.50 bits per heavy atom. The molecule has 1 unspecified atom stereocenters. The summed E-state index contributed by atoms with van der Waals surface area (Å²) in [4.78, 5) is 25.0. The number of hydrogen-bond acceptors (Lipinski definition) is 6. The second-order valence-corrected chi connectivity index (χ2v) is 9.68. The maximum atomic E-state index is 13.1. The molecule has 2 aromatic carbocycles. The first-order valence-electron chi connectivity index (χ1n) is 9.84. The van der Waals surface area contributed by atoms with Crippen LogP contribution in [-0.2, 0) is 14.8 Å². The highest BCUT2D eigenvalue weighted by molar-refractivity contribution is 7.89. The Bertz CT molecular complexity index is 1110. The molecule has 1 N–H and O–H groups in total. The molecule has 0 radical (unpaired) electrons. The molecule has 1 fully saturated rings. The molecule has 3 rings (SSSR count). The molecule has 172 valence electrons. The lowest BCUT2D eigenvalue weighted by Crippen LogP contribution is -2.44. The van der Waals surface area contributed by atoms with Gasteiger partial charge in [-0.15, -0.1) is 0 Å². The molecule has 1 amide bonds. The Balaban J connectivity index is 1.67. The molecule has 0 spiro atoms. The summed E-state index contributed by atoms with van der Waals surface area (Å²) >= 11 is 6.05. The van der Waals surface area contributed by atoms with E-state index in [2.05, 4.69) is 5.32 Å². The van der Waals surface area contributed by atoms with Crippen molar-refractivity contribution in [3.63, 3.8) is 0 Å². The van der Waals surface area contributed by atoms with Crippen molar-refractivity contribution in [1.82, 2.24) is 9.21 Å². The normalized spacial score (nSPS) is 16.8. The van der Waals surface area contributed by atoms with E-state index in [0.29, 0.717) is 19.5 Å². The van der Waals surface area contributed by atoms with Crippen LogP contribution < -0.4 is 5.32 Å². The highest BCUT2D eigenvalue weighted by Gasteiger charge is 2.30. The van der Waals surface area contributed by atoms with Crippen LogP contribution in [0.3, 0.4) is 0 Å². The molecule has 0 aromatic heterocycles. The monoisotopic (exact) mass is 484 g/mol. The summed E-state index contributed by atoms with van der Waals surface area (Å²) in [7, 11) is -3.78. The number of amides is 1. The molecule has 0 saturated carbocycles. The Kier molecular flexibility index (Phi) is 7.44. The molecular formula is C20H22ClFN4O5S. The number of halogens is 2. The van der Waals surface area contributed by atoms with Gasteiger partial charge in [0, 0.05) is 38.3 Å². The van der Waals surface area contributed by atoms with Gasteiger partial charge in [-0.05, 0) is 43.7 Å². The Labute approximate surface area is 190 Å². The van der Waals surface area contributed by atoms with E-state index in [-0.39, 0.29) is 34.4 Å². The summed E-state index contributed by atoms with van der Waals surface area (Å²) < 4.78 is 40.2. The van der Waals surface area contributed by atoms with Gasteiger partial charge in [-0.25, -0.2) is 12.8 Å². The van der Waals surface area contributed by atoms with E-state index < -0.39 is 32.7 Å². The molecular weight excluding hydrogens is 463 g/mol. The van der Waals surface area contributed by atoms with Crippen molar-refractivity contribution in [2.45, 2.75) is 24.3 Å². The van der Waals surface area contributed by atoms with Crippen LogP contribution in [0.4, 0.5) is 15.8 Å². The van der Waals surface area contributed by atoms with Gasteiger partial charge in [-0.1, -0.05) is 11.6 Å². The van der Waals surface area contributed by atoms with Crippen LogP contribution in [0.2, 0.25) is 5.02 Å². The number of benzene rings is 2. The number of sulfonamides is 1. The molecule has 0 bridgehead atoms. The molecule has 1 atom stereocenters. The smallest absolute Gasteiger partial charge is 0.271 e. The number of nitro benzene ring substituents is 1. The van der Waals surface area contributed by atoms with Crippen molar-refractivity contribution in [3.05, 3.63) is 63.4 Å². The zero-order valence-corrected chi connectivity index (χ0v) is 18.8. The quantitative estimate of drug-likeness (QED) is 0.498. The van der Waals surface area contributed by atoms with E-state index in [1.807, 2.05) is 4.90 Å². The minimum Gasteiger partial charge on any atom is -0.323 e. The van der Waals surface area contributed by atoms with E-state index >= 15 is 0 Å². The molecule has 1 saturated heterocycles. The van der Waals surface area contributed by atoms with Crippen LogP contribution in [0.25, 0.3) is 0 Å². The average Bonchev–Trinajstić information content (AvgIpc) is 3.01. The number of non-ortho nitro benzene ring substituents is 1. The number of carbonyl (C=O) groups excluding carboxylic acids is 1. The molecule has 12 heteroatoms. The number of anilines is 1. The van der Waals surface area contributed by atoms with E-state index in [1.54, 1.807) is 6.92 Å². The van der Waals surface area contributed by atoms with E-state index in [4.69, 9.17) is 11.6 Å². The van der Waals surface area contributed by atoms with Crippen molar-refractivity contribution in [1.29, 1.82) is 0 Å². The maximum Gasteiger partial charge on any atom is 0.271 e. The van der Waals surface area contributed by atoms with Crippen molar-refractivity contribution in [2.75, 3.05) is 31.5 Å². The number of rotatable bonds is 6. The number of hydrogen-bond donors (Lipinski definition) is 1. The van der Waals surface area contributed by atoms with Gasteiger partial charge in [-0.3, -0.25) is 19.8 Å². The molecule has 1 aliphatic rings. The van der Waals surface area contributed by atoms with Gasteiger partial charge in [0.1, 0.15) is 5.82 Å². The second-order valence-electron chi connectivity index (χ2n) is 7.33. The third-order valence-electron chi connectivity index (χ3n) is 5.29. The number of nitrogens with zero attached hydrogens (tertiary/aromatic N) is 3. The highest BCUT2D eigenvalue weighted by atomic mass is 35.5. The largest absolute Gasteiger partial charge is 0.323 e. The fourth-order valence-corrected chi connectivity index (χ4v) is 5.06. The van der Waals surface area contributed by atoms with Crippen molar-refractivity contribution in [3.8, 4) is 0 Å². The van der Waals surface area contributed by atoms with Gasteiger partial charge in [0.05, 0.1) is 26.6 Å². The first kappa shape index (κ1) is 24.1. The van der Waals surface area contributed by atoms with Crippen molar-refractivity contribution in [2.24, 2.45) is 0 Å². The first-order chi connectivity index (χ1) is 15.1. The average molecular weight is 485 g/mol. The zero-order chi connectivity index (χ0) is 23.5. The van der Waals surface area contributed by atoms with Gasteiger partial charge in [0.25, 0.3) is 5.69 Å². The van der Waals surface area contributed by atoms with Gasteiger partial charge in [0.15, 0.2) is 0 Å². The van der Waals surface area contributed by atoms with Crippen molar-refractivity contribution >= 4 is 38.9 Å². The third-order valence-corrected chi connectivity index (χ3v) is 7.53. The second kappa shape index (κ2) is 9.90. The lowest BCUT2D eigenvalue weighted by atomic mass is 10.2. The topological polar surface area (TPSA) is 113 Å². The predicted octanol–water partition coefficient (Wildman–Crippen LogP) is 3.11. The Morgan fingerprint density at radius 1 is 1.16 bits per heavy atom. The summed E-state index contributed by atoms with van der Waals surface area (Å²) in [5, 5.41) is 13.8. The molecule has 2 aromatic rings. The zero-order valence-electron chi connectivity index (χ0n) is 17.2. The summed E-state index contributed by atoms with van der Waals surface area (Å²) in [5.74, 6) is -0.933. The van der Waals surface area contributed by atoms with Gasteiger partial charge in [-0.2, -0.15) is 4.31 Å². The number of nitro groups is 1. The summed E-state index contributed by atoms with van der Waals surface area (Å²) in [6.45, 7) is 2.88. The van der Waals surface area contributed by atoms with Crippen molar-refractivity contribution < 1.29 is 22.5 Å². The van der Waals surface area contributed by atoms with Crippen LogP contribution in [0, 0.1) is 15.9 Å². The molecule has 32 heavy (non-hydrogen) atoms. The molecule has 0 aliphatic carbocycles. The van der Waals surface area contributed by atoms with Gasteiger partial charge >= 0.3 is 0 Å². The summed E-state index contributed by atoms with van der Waals surface area (Å²) in [6.07, 6.45) is 0.496. The Morgan fingerprint density at radius 2 is 1.84 bits per heavy atom. The van der Waals surface area contributed by atoms with Gasteiger partial charge in [0.2, 0.25) is 15.9 Å². The van der Waals surface area contributed by atoms with Crippen LogP contribution >= 0.6 is 11.6 Å². The Hall–Kier alpha value is -2.60. The standard InChI is InChI=1S/C20H22ClFN4O5S/c1-14(20(27)23-19-13-16(26(28)29)5-8-18(19)21)24-9-2-10-25(12-11-24)32(30,31)17-6-3-15(22)4-7-17/h3-8,13-14H,2,9-12H2,1H3,(H,23,27). The first-order valence-corrected chi connectivity index (χ1v) is 11.7. The molecule has 9 nitrogen and oxygen atoms in total.